The second-order valence-electron chi connectivity index (χ2n) is 5.52. The van der Waals surface area contributed by atoms with Gasteiger partial charge >= 0.3 is 0 Å². The van der Waals surface area contributed by atoms with Crippen molar-refractivity contribution in [2.45, 2.75) is 20.8 Å². The van der Waals surface area contributed by atoms with E-state index in [9.17, 15) is 4.39 Å². The van der Waals surface area contributed by atoms with Crippen LogP contribution in [0.4, 0.5) is 10.3 Å². The zero-order chi connectivity index (χ0) is 18.0. The molecular formula is C17H16ClFN6. The average Bonchev–Trinajstić information content (AvgIpc) is 2.83. The van der Waals surface area contributed by atoms with Gasteiger partial charge in [0.15, 0.2) is 0 Å². The third-order valence-electron chi connectivity index (χ3n) is 3.46. The number of nitrogens with one attached hydrogen (secondary N) is 1. The molecule has 3 aromatic rings. The lowest BCUT2D eigenvalue weighted by molar-refractivity contribution is 0.627. The molecule has 0 aliphatic heterocycles. The van der Waals surface area contributed by atoms with Crippen LogP contribution in [-0.2, 0) is 0 Å². The first-order valence-corrected chi connectivity index (χ1v) is 7.94. The van der Waals surface area contributed by atoms with Gasteiger partial charge in [0.1, 0.15) is 11.0 Å². The number of hydrogen-bond acceptors (Lipinski definition) is 5. The molecule has 0 saturated carbocycles. The Balaban J connectivity index is 1.84. The van der Waals surface area contributed by atoms with Crippen molar-refractivity contribution in [3.8, 4) is 5.69 Å². The summed E-state index contributed by atoms with van der Waals surface area (Å²) >= 11 is 6.39. The topological polar surface area (TPSA) is 68.0 Å². The van der Waals surface area contributed by atoms with Crippen molar-refractivity contribution < 1.29 is 4.39 Å². The predicted octanol–water partition coefficient (Wildman–Crippen LogP) is 3.83. The highest BCUT2D eigenvalue weighted by atomic mass is 35.5. The van der Waals surface area contributed by atoms with Crippen LogP contribution in [0.5, 0.6) is 0 Å². The number of hydrogen-bond donors (Lipinski definition) is 1. The van der Waals surface area contributed by atoms with Crippen molar-refractivity contribution in [2.75, 3.05) is 5.43 Å². The molecular weight excluding hydrogens is 343 g/mol. The molecule has 8 heteroatoms. The Morgan fingerprint density at radius 1 is 1.12 bits per heavy atom. The van der Waals surface area contributed by atoms with Gasteiger partial charge in [-0.3, -0.25) is 0 Å². The fraction of sp³-hybridized carbons (Fsp3) is 0.176. The molecule has 0 radical (unpaired) electrons. The van der Waals surface area contributed by atoms with E-state index in [1.165, 1.54) is 16.8 Å². The predicted molar refractivity (Wildman–Crippen MR) is 96.0 cm³/mol. The highest BCUT2D eigenvalue weighted by molar-refractivity contribution is 6.32. The quantitative estimate of drug-likeness (QED) is 0.568. The molecule has 0 aliphatic rings. The number of aryl methyl sites for hydroxylation is 3. The maximum Gasteiger partial charge on any atom is 0.243 e. The van der Waals surface area contributed by atoms with E-state index in [-0.39, 0.29) is 5.82 Å². The SMILES string of the molecule is Cc1cc(C)nc(N/N=C\c2c(C)nn(-c3ccc(F)cc3)c2Cl)n1. The van der Waals surface area contributed by atoms with Gasteiger partial charge in [-0.2, -0.15) is 10.2 Å². The molecule has 0 saturated heterocycles. The molecule has 1 aromatic carbocycles. The number of nitrogens with zero attached hydrogens (tertiary/aromatic N) is 5. The number of hydrazone groups is 1. The van der Waals surface area contributed by atoms with E-state index in [2.05, 4.69) is 25.6 Å². The second-order valence-corrected chi connectivity index (χ2v) is 5.88. The van der Waals surface area contributed by atoms with Crippen LogP contribution in [0.25, 0.3) is 5.69 Å². The Morgan fingerprint density at radius 3 is 2.40 bits per heavy atom. The van der Waals surface area contributed by atoms with Crippen molar-refractivity contribution in [3.05, 3.63) is 63.9 Å². The Hall–Kier alpha value is -2.80. The molecule has 0 bridgehead atoms. The number of rotatable bonds is 4. The van der Waals surface area contributed by atoms with Crippen LogP contribution in [0.3, 0.4) is 0 Å². The first kappa shape index (κ1) is 17.0. The van der Waals surface area contributed by atoms with Crippen LogP contribution in [-0.4, -0.2) is 26.0 Å². The van der Waals surface area contributed by atoms with E-state index >= 15 is 0 Å². The molecule has 0 spiro atoms. The Labute approximate surface area is 149 Å². The standard InChI is InChI=1S/C17H16ClFN6/c1-10-8-11(2)22-17(21-10)23-20-9-15-12(3)24-25(16(15)18)14-6-4-13(19)5-7-14/h4-9H,1-3H3,(H,21,22,23)/b20-9-. The summed E-state index contributed by atoms with van der Waals surface area (Å²) in [6.07, 6.45) is 1.56. The highest BCUT2D eigenvalue weighted by Crippen LogP contribution is 2.22. The molecule has 0 fully saturated rings. The van der Waals surface area contributed by atoms with Gasteiger partial charge < -0.3 is 0 Å². The summed E-state index contributed by atoms with van der Waals surface area (Å²) in [6.45, 7) is 5.59. The lowest BCUT2D eigenvalue weighted by atomic mass is 10.3. The summed E-state index contributed by atoms with van der Waals surface area (Å²) in [7, 11) is 0. The molecule has 0 atom stereocenters. The van der Waals surface area contributed by atoms with Gasteiger partial charge in [-0.15, -0.1) is 0 Å². The molecule has 0 aliphatic carbocycles. The zero-order valence-electron chi connectivity index (χ0n) is 14.0. The molecule has 2 heterocycles. The second kappa shape index (κ2) is 6.98. The monoisotopic (exact) mass is 358 g/mol. The van der Waals surface area contributed by atoms with E-state index < -0.39 is 0 Å². The Kier molecular flexibility index (Phi) is 4.76. The molecule has 1 N–H and O–H groups in total. The lowest BCUT2D eigenvalue weighted by Crippen LogP contribution is -2.00. The minimum atomic E-state index is -0.316. The van der Waals surface area contributed by atoms with Gasteiger partial charge in [-0.05, 0) is 51.1 Å². The summed E-state index contributed by atoms with van der Waals surface area (Å²) in [4.78, 5) is 8.49. The van der Waals surface area contributed by atoms with Gasteiger partial charge in [0.25, 0.3) is 0 Å². The first-order valence-electron chi connectivity index (χ1n) is 7.56. The van der Waals surface area contributed by atoms with Crippen molar-refractivity contribution in [3.63, 3.8) is 0 Å². The Morgan fingerprint density at radius 2 is 1.76 bits per heavy atom. The van der Waals surface area contributed by atoms with Crippen molar-refractivity contribution in [1.82, 2.24) is 19.7 Å². The summed E-state index contributed by atoms with van der Waals surface area (Å²) in [5.74, 6) is 0.0941. The number of benzene rings is 1. The number of anilines is 1. The summed E-state index contributed by atoms with van der Waals surface area (Å²) in [6, 6.07) is 7.81. The van der Waals surface area contributed by atoms with E-state index in [4.69, 9.17) is 11.6 Å². The average molecular weight is 359 g/mol. The minimum Gasteiger partial charge on any atom is -0.245 e. The first-order chi connectivity index (χ1) is 11.9. The fourth-order valence-corrected chi connectivity index (χ4v) is 2.66. The molecule has 0 amide bonds. The normalized spacial score (nSPS) is 11.2. The summed E-state index contributed by atoms with van der Waals surface area (Å²) < 4.78 is 14.6. The highest BCUT2D eigenvalue weighted by Gasteiger charge is 2.13. The molecule has 3 rings (SSSR count). The minimum absolute atomic E-state index is 0.316. The number of aromatic nitrogens is 4. The van der Waals surface area contributed by atoms with Crippen LogP contribution in [0, 0.1) is 26.6 Å². The smallest absolute Gasteiger partial charge is 0.243 e. The lowest BCUT2D eigenvalue weighted by Gasteiger charge is -2.03. The molecule has 128 valence electrons. The third kappa shape index (κ3) is 3.83. The number of halogens is 2. The maximum absolute atomic E-state index is 13.1. The van der Waals surface area contributed by atoms with Crippen molar-refractivity contribution in [2.24, 2.45) is 5.10 Å². The fourth-order valence-electron chi connectivity index (χ4n) is 2.34. The van der Waals surface area contributed by atoms with Crippen LogP contribution < -0.4 is 5.43 Å². The van der Waals surface area contributed by atoms with Crippen LogP contribution in [0.1, 0.15) is 22.6 Å². The largest absolute Gasteiger partial charge is 0.245 e. The van der Waals surface area contributed by atoms with Gasteiger partial charge in [-0.25, -0.2) is 24.5 Å². The van der Waals surface area contributed by atoms with Crippen LogP contribution in [0.15, 0.2) is 35.4 Å². The molecule has 0 unspecified atom stereocenters. The van der Waals surface area contributed by atoms with Gasteiger partial charge in [0.2, 0.25) is 5.95 Å². The van der Waals surface area contributed by atoms with E-state index in [1.807, 2.05) is 26.8 Å². The van der Waals surface area contributed by atoms with E-state index in [1.54, 1.807) is 18.3 Å². The zero-order valence-corrected chi connectivity index (χ0v) is 14.7. The van der Waals surface area contributed by atoms with Crippen LogP contribution >= 0.6 is 11.6 Å². The van der Waals surface area contributed by atoms with Crippen molar-refractivity contribution in [1.29, 1.82) is 0 Å². The third-order valence-corrected chi connectivity index (χ3v) is 3.82. The van der Waals surface area contributed by atoms with Gasteiger partial charge in [0, 0.05) is 11.4 Å². The van der Waals surface area contributed by atoms with Crippen LogP contribution in [0.2, 0.25) is 5.15 Å². The molecule has 25 heavy (non-hydrogen) atoms. The van der Waals surface area contributed by atoms with Crippen molar-refractivity contribution >= 4 is 23.8 Å². The molecule has 2 aromatic heterocycles. The van der Waals surface area contributed by atoms with E-state index in [0.717, 1.165) is 11.4 Å². The Bertz CT molecular complexity index is 913. The van der Waals surface area contributed by atoms with E-state index in [0.29, 0.717) is 28.0 Å². The maximum atomic E-state index is 13.1. The van der Waals surface area contributed by atoms with Gasteiger partial charge in [0.05, 0.1) is 23.2 Å². The van der Waals surface area contributed by atoms with Gasteiger partial charge in [-0.1, -0.05) is 11.6 Å². The molecule has 6 nitrogen and oxygen atoms in total. The summed E-state index contributed by atoms with van der Waals surface area (Å²) in [5.41, 5.74) is 6.51. The summed E-state index contributed by atoms with van der Waals surface area (Å²) in [5, 5.41) is 8.90.